The lowest BCUT2D eigenvalue weighted by Crippen LogP contribution is -2.04. The Hall–Kier alpha value is -8.49. The number of benzene rings is 10. The van der Waals surface area contributed by atoms with Gasteiger partial charge in [-0.1, -0.05) is 140 Å². The van der Waals surface area contributed by atoms with E-state index in [1.807, 2.05) is 11.3 Å². The molecule has 0 aliphatic rings. The normalized spacial score (nSPS) is 12.1. The summed E-state index contributed by atoms with van der Waals surface area (Å²) in [7, 11) is 0. The molecule has 0 unspecified atom stereocenters. The Bertz CT molecular complexity index is 4570. The van der Waals surface area contributed by atoms with E-state index < -0.39 is 0 Å². The van der Waals surface area contributed by atoms with Crippen LogP contribution in [0.1, 0.15) is 0 Å². The molecule has 5 heterocycles. The lowest BCUT2D eigenvalue weighted by Gasteiger charge is -2.16. The van der Waals surface area contributed by atoms with Crippen molar-refractivity contribution < 1.29 is 0 Å². The molecule has 0 saturated carbocycles. The predicted octanol–water partition coefficient (Wildman–Crippen LogP) is 17.0. The van der Waals surface area contributed by atoms with Crippen LogP contribution in [0.15, 0.2) is 212 Å². The van der Waals surface area contributed by atoms with Crippen LogP contribution in [0.5, 0.6) is 0 Å². The fourth-order valence-electron chi connectivity index (χ4n) is 10.8. The van der Waals surface area contributed by atoms with E-state index in [-0.39, 0.29) is 0 Å². The third-order valence-electron chi connectivity index (χ3n) is 13.7. The molecule has 0 N–H and O–H groups in total. The van der Waals surface area contributed by atoms with Crippen molar-refractivity contribution in [3.8, 4) is 45.5 Å². The molecule has 0 aliphatic heterocycles. The summed E-state index contributed by atoms with van der Waals surface area (Å²) < 4.78 is 9.66. The topological polar surface area (TPSA) is 48.5 Å². The number of hydrogen-bond donors (Lipinski definition) is 0. The monoisotopic (exact) mass is 901 g/mol. The standard InChI is InChI=1S/C61H35N5S2/c1-2-18-38(19-3-1)65-49-27-11-7-22-41(49)57-43(24-14-28-50(57)65)59-62-60(44-25-15-31-55-58(44)42-23-9-13-30-54(42)67-55)64-61(63-59)47-35-56-46(40-21-8-12-29-53(40)68-56)34-52(47)66-48-26-10-6-20-39(48)45-32-36-16-4-5-17-37(36)33-51(45)66/h1-35H. The second kappa shape index (κ2) is 14.5. The van der Waals surface area contributed by atoms with Gasteiger partial charge in [0.05, 0.1) is 27.8 Å². The van der Waals surface area contributed by atoms with Crippen LogP contribution in [0.4, 0.5) is 0 Å². The Morgan fingerprint density at radius 1 is 0.294 bits per heavy atom. The molecule has 0 spiro atoms. The summed E-state index contributed by atoms with van der Waals surface area (Å²) in [5.74, 6) is 1.88. The van der Waals surface area contributed by atoms with Crippen LogP contribution in [-0.4, -0.2) is 24.1 Å². The van der Waals surface area contributed by atoms with Crippen molar-refractivity contribution in [2.75, 3.05) is 0 Å². The van der Waals surface area contributed by atoms with Gasteiger partial charge in [-0.15, -0.1) is 22.7 Å². The summed E-state index contributed by atoms with van der Waals surface area (Å²) in [6.07, 6.45) is 0. The van der Waals surface area contributed by atoms with E-state index in [1.165, 1.54) is 56.5 Å². The van der Waals surface area contributed by atoms with Crippen LogP contribution in [-0.2, 0) is 0 Å². The van der Waals surface area contributed by atoms with E-state index in [0.717, 1.165) is 66.3 Å². The van der Waals surface area contributed by atoms with Crippen molar-refractivity contribution >= 4 is 117 Å². The summed E-state index contributed by atoms with van der Waals surface area (Å²) in [4.78, 5) is 16.9. The number of nitrogens with zero attached hydrogens (tertiary/aromatic N) is 5. The zero-order valence-electron chi connectivity index (χ0n) is 36.3. The van der Waals surface area contributed by atoms with Crippen molar-refractivity contribution in [2.45, 2.75) is 0 Å². The molecule has 0 fully saturated rings. The van der Waals surface area contributed by atoms with E-state index in [1.54, 1.807) is 11.3 Å². The predicted molar refractivity (Wildman–Crippen MR) is 288 cm³/mol. The van der Waals surface area contributed by atoms with Gasteiger partial charge in [0.15, 0.2) is 17.5 Å². The zero-order chi connectivity index (χ0) is 44.5. The minimum absolute atomic E-state index is 0.617. The molecule has 5 aromatic heterocycles. The van der Waals surface area contributed by atoms with Gasteiger partial charge < -0.3 is 9.13 Å². The van der Waals surface area contributed by atoms with E-state index in [0.29, 0.717) is 17.5 Å². The van der Waals surface area contributed by atoms with E-state index in [4.69, 9.17) is 15.0 Å². The maximum atomic E-state index is 5.67. The molecule has 15 rings (SSSR count). The summed E-state index contributed by atoms with van der Waals surface area (Å²) in [6.45, 7) is 0. The first kappa shape index (κ1) is 37.7. The van der Waals surface area contributed by atoms with Gasteiger partial charge in [-0.25, -0.2) is 15.0 Å². The second-order valence-electron chi connectivity index (χ2n) is 17.5. The summed E-state index contributed by atoms with van der Waals surface area (Å²) in [6, 6.07) is 76.6. The zero-order valence-corrected chi connectivity index (χ0v) is 37.9. The van der Waals surface area contributed by atoms with Crippen molar-refractivity contribution in [3.63, 3.8) is 0 Å². The second-order valence-corrected chi connectivity index (χ2v) is 19.7. The van der Waals surface area contributed by atoms with Crippen molar-refractivity contribution in [1.82, 2.24) is 24.1 Å². The van der Waals surface area contributed by atoms with Crippen LogP contribution in [0.25, 0.3) is 140 Å². The molecule has 0 saturated heterocycles. The molecular formula is C61H35N5S2. The molecular weight excluding hydrogens is 867 g/mol. The highest BCUT2D eigenvalue weighted by Gasteiger charge is 2.25. The van der Waals surface area contributed by atoms with Gasteiger partial charge in [0.2, 0.25) is 0 Å². The highest BCUT2D eigenvalue weighted by molar-refractivity contribution is 7.26. The third-order valence-corrected chi connectivity index (χ3v) is 16.0. The Kier molecular flexibility index (Phi) is 8.04. The molecule has 0 bridgehead atoms. The Labute approximate surface area is 397 Å². The molecule has 7 heteroatoms. The summed E-state index contributed by atoms with van der Waals surface area (Å²) in [5, 5.41) is 11.8. The van der Waals surface area contributed by atoms with Crippen LogP contribution in [0.2, 0.25) is 0 Å². The maximum absolute atomic E-state index is 5.67. The highest BCUT2D eigenvalue weighted by Crippen LogP contribution is 2.45. The lowest BCUT2D eigenvalue weighted by atomic mass is 10.0. The SMILES string of the molecule is c1ccc(-n2c3ccccc3c3c(-c4nc(-c5cc6sc7ccccc7c6cc5-n5c6ccccc6c6cc7ccccc7cc65)nc(-c5cccc6sc7ccccc7c56)n4)cccc32)cc1. The minimum atomic E-state index is 0.617. The van der Waals surface area contributed by atoms with Gasteiger partial charge >= 0.3 is 0 Å². The molecule has 0 radical (unpaired) electrons. The highest BCUT2D eigenvalue weighted by atomic mass is 32.1. The van der Waals surface area contributed by atoms with Crippen LogP contribution < -0.4 is 0 Å². The van der Waals surface area contributed by atoms with Gasteiger partial charge in [-0.2, -0.15) is 0 Å². The fraction of sp³-hybridized carbons (Fsp3) is 0. The molecule has 15 aromatic rings. The third kappa shape index (κ3) is 5.51. The summed E-state index contributed by atoms with van der Waals surface area (Å²) >= 11 is 3.62. The largest absolute Gasteiger partial charge is 0.309 e. The molecule has 0 amide bonds. The van der Waals surface area contributed by atoms with Gasteiger partial charge in [0.1, 0.15) is 0 Å². The van der Waals surface area contributed by atoms with E-state index >= 15 is 0 Å². The van der Waals surface area contributed by atoms with Gasteiger partial charge in [-0.05, 0) is 83.6 Å². The molecule has 0 atom stereocenters. The first-order chi connectivity index (χ1) is 33.7. The molecule has 10 aromatic carbocycles. The molecule has 5 nitrogen and oxygen atoms in total. The maximum Gasteiger partial charge on any atom is 0.166 e. The Morgan fingerprint density at radius 2 is 0.838 bits per heavy atom. The molecule has 68 heavy (non-hydrogen) atoms. The van der Waals surface area contributed by atoms with Gasteiger partial charge in [0, 0.05) is 84.3 Å². The van der Waals surface area contributed by atoms with E-state index in [2.05, 4.69) is 221 Å². The first-order valence-corrected chi connectivity index (χ1v) is 24.5. The van der Waals surface area contributed by atoms with Gasteiger partial charge in [-0.3, -0.25) is 0 Å². The number of aromatic nitrogens is 5. The number of thiophene rings is 2. The molecule has 316 valence electrons. The van der Waals surface area contributed by atoms with Crippen molar-refractivity contribution in [2.24, 2.45) is 0 Å². The molecule has 0 aliphatic carbocycles. The van der Waals surface area contributed by atoms with Crippen molar-refractivity contribution in [3.05, 3.63) is 212 Å². The number of para-hydroxylation sites is 3. The summed E-state index contributed by atoms with van der Waals surface area (Å²) in [5.41, 5.74) is 9.47. The fourth-order valence-corrected chi connectivity index (χ4v) is 13.1. The van der Waals surface area contributed by atoms with Crippen LogP contribution in [0, 0.1) is 0 Å². The van der Waals surface area contributed by atoms with Crippen molar-refractivity contribution in [1.29, 1.82) is 0 Å². The average molecular weight is 902 g/mol. The lowest BCUT2D eigenvalue weighted by molar-refractivity contribution is 1.07. The van der Waals surface area contributed by atoms with Crippen LogP contribution in [0.3, 0.4) is 0 Å². The van der Waals surface area contributed by atoms with Crippen LogP contribution >= 0.6 is 22.7 Å². The number of hydrogen-bond acceptors (Lipinski definition) is 5. The Morgan fingerprint density at radius 3 is 1.62 bits per heavy atom. The van der Waals surface area contributed by atoms with Gasteiger partial charge in [0.25, 0.3) is 0 Å². The number of rotatable bonds is 5. The average Bonchev–Trinajstić information content (AvgIpc) is 4.15. The smallest absolute Gasteiger partial charge is 0.166 e. The quantitative estimate of drug-likeness (QED) is 0.173. The minimum Gasteiger partial charge on any atom is -0.309 e. The van der Waals surface area contributed by atoms with E-state index in [9.17, 15) is 0 Å². The number of fused-ring (bicyclic) bond motifs is 13. The first-order valence-electron chi connectivity index (χ1n) is 22.8. The Balaban J connectivity index is 1.09.